The van der Waals surface area contributed by atoms with Gasteiger partial charge in [-0.1, -0.05) is 41.9 Å². The van der Waals surface area contributed by atoms with Crippen LogP contribution < -0.4 is 0 Å². The number of nitrogens with one attached hydrogen (secondary N) is 1. The molecule has 7 heteroatoms. The average Bonchev–Trinajstić information content (AvgIpc) is 3.27. The molecule has 0 bridgehead atoms. The second kappa shape index (κ2) is 9.58. The SMILES string of the molecule is O=C(O)/C=C/c1ccc(/C(=C(/CCF)c2ccncc2Cl)c2ccc3[nH]ncc3c2)cc1. The van der Waals surface area contributed by atoms with Crippen molar-refractivity contribution in [3.63, 3.8) is 0 Å². The van der Waals surface area contributed by atoms with E-state index in [1.807, 2.05) is 42.5 Å². The maximum atomic E-state index is 13.7. The van der Waals surface area contributed by atoms with Gasteiger partial charge in [-0.15, -0.1) is 0 Å². The van der Waals surface area contributed by atoms with E-state index < -0.39 is 12.6 Å². The lowest BCUT2D eigenvalue weighted by Gasteiger charge is -2.18. The van der Waals surface area contributed by atoms with Crippen LogP contribution in [0.25, 0.3) is 28.1 Å². The predicted octanol–water partition coefficient (Wildman–Crippen LogP) is 6.03. The van der Waals surface area contributed by atoms with Gasteiger partial charge < -0.3 is 5.11 Å². The lowest BCUT2D eigenvalue weighted by atomic mass is 9.87. The largest absolute Gasteiger partial charge is 0.478 e. The minimum Gasteiger partial charge on any atom is -0.478 e. The molecule has 5 nitrogen and oxygen atoms in total. The highest BCUT2D eigenvalue weighted by atomic mass is 35.5. The van der Waals surface area contributed by atoms with Crippen LogP contribution >= 0.6 is 11.6 Å². The molecule has 0 aliphatic heterocycles. The van der Waals surface area contributed by atoms with Crippen LogP contribution in [0, 0.1) is 0 Å². The van der Waals surface area contributed by atoms with E-state index in [4.69, 9.17) is 16.7 Å². The van der Waals surface area contributed by atoms with Gasteiger partial charge >= 0.3 is 5.97 Å². The summed E-state index contributed by atoms with van der Waals surface area (Å²) in [6.07, 6.45) is 7.70. The summed E-state index contributed by atoms with van der Waals surface area (Å²) < 4.78 is 13.7. The summed E-state index contributed by atoms with van der Waals surface area (Å²) in [7, 11) is 0. The Kier molecular flexibility index (Phi) is 6.42. The summed E-state index contributed by atoms with van der Waals surface area (Å²) in [5.74, 6) is -1.01. The number of benzene rings is 2. The summed E-state index contributed by atoms with van der Waals surface area (Å²) in [4.78, 5) is 14.9. The van der Waals surface area contributed by atoms with E-state index in [9.17, 15) is 9.18 Å². The molecule has 0 fully saturated rings. The maximum Gasteiger partial charge on any atom is 0.328 e. The number of allylic oxidation sites excluding steroid dienone is 1. The third kappa shape index (κ3) is 4.60. The molecule has 0 radical (unpaired) electrons. The lowest BCUT2D eigenvalue weighted by molar-refractivity contribution is -0.131. The molecule has 0 spiro atoms. The van der Waals surface area contributed by atoms with E-state index in [1.165, 1.54) is 6.08 Å². The van der Waals surface area contributed by atoms with Crippen LogP contribution in [-0.2, 0) is 4.79 Å². The van der Waals surface area contributed by atoms with Crippen molar-refractivity contribution in [2.75, 3.05) is 6.67 Å². The van der Waals surface area contributed by atoms with Crippen LogP contribution in [0.5, 0.6) is 0 Å². The fourth-order valence-electron chi connectivity index (χ4n) is 3.65. The van der Waals surface area contributed by atoms with Gasteiger partial charge in [-0.25, -0.2) is 4.79 Å². The Hall–Kier alpha value is -3.77. The number of aromatic amines is 1. The van der Waals surface area contributed by atoms with Gasteiger partial charge in [0.05, 0.1) is 23.4 Å². The zero-order chi connectivity index (χ0) is 22.5. The van der Waals surface area contributed by atoms with Crippen LogP contribution in [0.1, 0.15) is 28.7 Å². The molecular formula is C25H19ClFN3O2. The number of rotatable bonds is 7. The molecule has 160 valence electrons. The molecule has 32 heavy (non-hydrogen) atoms. The zero-order valence-electron chi connectivity index (χ0n) is 16.9. The Labute approximate surface area is 188 Å². The summed E-state index contributed by atoms with van der Waals surface area (Å²) >= 11 is 6.45. The maximum absolute atomic E-state index is 13.7. The monoisotopic (exact) mass is 447 g/mol. The molecule has 0 amide bonds. The molecule has 0 saturated carbocycles. The highest BCUT2D eigenvalue weighted by Gasteiger charge is 2.17. The van der Waals surface area contributed by atoms with E-state index in [0.29, 0.717) is 5.02 Å². The number of carboxylic acids is 1. The number of fused-ring (bicyclic) bond motifs is 1. The second-order valence-corrected chi connectivity index (χ2v) is 7.52. The van der Waals surface area contributed by atoms with Gasteiger partial charge in [-0.2, -0.15) is 5.10 Å². The highest BCUT2D eigenvalue weighted by Crippen LogP contribution is 2.37. The number of nitrogens with zero attached hydrogens (tertiary/aromatic N) is 2. The number of aliphatic carboxylic acids is 1. The Morgan fingerprint density at radius 3 is 2.59 bits per heavy atom. The molecule has 2 aromatic heterocycles. The van der Waals surface area contributed by atoms with Crippen molar-refractivity contribution in [3.05, 3.63) is 100 Å². The van der Waals surface area contributed by atoms with Crippen molar-refractivity contribution in [2.45, 2.75) is 6.42 Å². The molecule has 2 N–H and O–H groups in total. The second-order valence-electron chi connectivity index (χ2n) is 7.11. The lowest BCUT2D eigenvalue weighted by Crippen LogP contribution is -1.98. The summed E-state index contributed by atoms with van der Waals surface area (Å²) in [6, 6.07) is 15.1. The van der Waals surface area contributed by atoms with Crippen molar-refractivity contribution in [1.82, 2.24) is 15.2 Å². The van der Waals surface area contributed by atoms with E-state index >= 15 is 0 Å². The van der Waals surface area contributed by atoms with Gasteiger partial charge in [-0.3, -0.25) is 14.5 Å². The number of carbonyl (C=O) groups is 1. The molecule has 0 atom stereocenters. The minimum atomic E-state index is -1.01. The number of aromatic nitrogens is 3. The topological polar surface area (TPSA) is 78.9 Å². The highest BCUT2D eigenvalue weighted by molar-refractivity contribution is 6.32. The van der Waals surface area contributed by atoms with E-state index in [1.54, 1.807) is 24.7 Å². The number of H-pyrrole nitrogens is 1. The van der Waals surface area contributed by atoms with Gasteiger partial charge in [0.25, 0.3) is 0 Å². The fourth-order valence-corrected chi connectivity index (χ4v) is 3.88. The predicted molar refractivity (Wildman–Crippen MR) is 125 cm³/mol. The number of carboxylic acid groups (broad SMARTS) is 1. The molecule has 4 aromatic rings. The fraction of sp³-hybridized carbons (Fsp3) is 0.0800. The van der Waals surface area contributed by atoms with E-state index in [-0.39, 0.29) is 6.42 Å². The smallest absolute Gasteiger partial charge is 0.328 e. The normalized spacial score (nSPS) is 12.3. The number of alkyl halides is 1. The molecule has 0 aliphatic carbocycles. The van der Waals surface area contributed by atoms with E-state index in [0.717, 1.165) is 50.4 Å². The van der Waals surface area contributed by atoms with Crippen LogP contribution in [0.2, 0.25) is 5.02 Å². The number of hydrogen-bond acceptors (Lipinski definition) is 3. The Morgan fingerprint density at radius 2 is 1.88 bits per heavy atom. The summed E-state index contributed by atoms with van der Waals surface area (Å²) in [5.41, 5.74) is 5.72. The van der Waals surface area contributed by atoms with Crippen molar-refractivity contribution >= 4 is 45.7 Å². The zero-order valence-corrected chi connectivity index (χ0v) is 17.7. The average molecular weight is 448 g/mol. The third-order valence-electron chi connectivity index (χ3n) is 5.09. The van der Waals surface area contributed by atoms with Gasteiger partial charge in [0.2, 0.25) is 0 Å². The van der Waals surface area contributed by atoms with Gasteiger partial charge in [0, 0.05) is 35.8 Å². The number of pyridine rings is 1. The van der Waals surface area contributed by atoms with Crippen LogP contribution in [0.4, 0.5) is 4.39 Å². The quantitative estimate of drug-likeness (QED) is 0.339. The molecular weight excluding hydrogens is 429 g/mol. The first-order chi connectivity index (χ1) is 15.6. The Balaban J connectivity index is 1.94. The van der Waals surface area contributed by atoms with Gasteiger partial charge in [0.15, 0.2) is 0 Å². The number of hydrogen-bond donors (Lipinski definition) is 2. The van der Waals surface area contributed by atoms with Gasteiger partial charge in [0.1, 0.15) is 0 Å². The van der Waals surface area contributed by atoms with Crippen molar-refractivity contribution < 1.29 is 14.3 Å². The number of halogens is 2. The van der Waals surface area contributed by atoms with Crippen molar-refractivity contribution in [3.8, 4) is 0 Å². The Bertz CT molecular complexity index is 1330. The summed E-state index contributed by atoms with van der Waals surface area (Å²) in [5, 5.41) is 17.3. The van der Waals surface area contributed by atoms with Crippen LogP contribution in [-0.4, -0.2) is 32.9 Å². The van der Waals surface area contributed by atoms with Crippen molar-refractivity contribution in [2.24, 2.45) is 0 Å². The first-order valence-electron chi connectivity index (χ1n) is 9.91. The first kappa shape index (κ1) is 21.5. The standard InChI is InChI=1S/C25H19ClFN3O2/c26-22-15-28-12-10-20(22)21(9-11-27)25(18-6-7-23-19(13-18)14-29-30-23)17-4-1-16(2-5-17)3-8-24(31)32/h1-8,10,12-15H,9,11H2,(H,29,30)(H,31,32)/b8-3+,25-21+. The minimum absolute atomic E-state index is 0.170. The van der Waals surface area contributed by atoms with Crippen LogP contribution in [0.3, 0.4) is 0 Å². The molecule has 2 aromatic carbocycles. The van der Waals surface area contributed by atoms with Crippen molar-refractivity contribution in [1.29, 1.82) is 0 Å². The molecule has 0 unspecified atom stereocenters. The van der Waals surface area contributed by atoms with E-state index in [2.05, 4.69) is 15.2 Å². The third-order valence-corrected chi connectivity index (χ3v) is 5.39. The van der Waals surface area contributed by atoms with Crippen LogP contribution in [0.15, 0.2) is 73.2 Å². The summed E-state index contributed by atoms with van der Waals surface area (Å²) in [6.45, 7) is -0.551. The first-order valence-corrected chi connectivity index (χ1v) is 10.3. The Morgan fingerprint density at radius 1 is 1.09 bits per heavy atom. The molecule has 4 rings (SSSR count). The molecule has 2 heterocycles. The molecule has 0 aliphatic rings. The molecule has 0 saturated heterocycles. The van der Waals surface area contributed by atoms with Gasteiger partial charge in [-0.05, 0) is 52.1 Å².